The molecule has 0 aromatic carbocycles. The summed E-state index contributed by atoms with van der Waals surface area (Å²) in [5.41, 5.74) is 1.11. The fraction of sp³-hybridized carbons (Fsp3) is 0.667. The lowest BCUT2D eigenvalue weighted by Gasteiger charge is -2.10. The van der Waals surface area contributed by atoms with E-state index < -0.39 is 0 Å². The van der Waals surface area contributed by atoms with Crippen LogP contribution in [0.25, 0.3) is 0 Å². The Labute approximate surface area is 78.3 Å². The van der Waals surface area contributed by atoms with Gasteiger partial charge in [0.15, 0.2) is 0 Å². The maximum atomic E-state index is 4.10. The van der Waals surface area contributed by atoms with Gasteiger partial charge in [-0.25, -0.2) is 0 Å². The van der Waals surface area contributed by atoms with Gasteiger partial charge in [-0.15, -0.1) is 0 Å². The normalized spacial score (nSPS) is 22.1. The maximum absolute atomic E-state index is 4.10. The van der Waals surface area contributed by atoms with Gasteiger partial charge < -0.3 is 10.6 Å². The lowest BCUT2D eigenvalue weighted by molar-refractivity contribution is 0.633. The van der Waals surface area contributed by atoms with E-state index in [0.29, 0.717) is 6.04 Å². The molecule has 1 aliphatic rings. The van der Waals surface area contributed by atoms with E-state index >= 15 is 0 Å². The minimum absolute atomic E-state index is 0.639. The summed E-state index contributed by atoms with van der Waals surface area (Å²) in [6.07, 6.45) is 6.44. The number of aryl methyl sites for hydroxylation is 1. The van der Waals surface area contributed by atoms with Crippen LogP contribution < -0.4 is 10.6 Å². The average molecular weight is 180 g/mol. The van der Waals surface area contributed by atoms with Crippen molar-refractivity contribution in [3.8, 4) is 0 Å². The molecule has 2 heterocycles. The van der Waals surface area contributed by atoms with Crippen molar-refractivity contribution in [3.05, 3.63) is 12.4 Å². The fourth-order valence-corrected chi connectivity index (χ4v) is 1.68. The third-order valence-electron chi connectivity index (χ3n) is 2.42. The summed E-state index contributed by atoms with van der Waals surface area (Å²) in [6.45, 7) is 2.17. The van der Waals surface area contributed by atoms with Crippen molar-refractivity contribution in [2.75, 3.05) is 18.4 Å². The Morgan fingerprint density at radius 2 is 2.69 bits per heavy atom. The summed E-state index contributed by atoms with van der Waals surface area (Å²) in [5, 5.41) is 10.9. The zero-order chi connectivity index (χ0) is 9.10. The summed E-state index contributed by atoms with van der Waals surface area (Å²) in [5.74, 6) is 0. The smallest absolute Gasteiger partial charge is 0.0726 e. The van der Waals surface area contributed by atoms with Gasteiger partial charge in [0.25, 0.3) is 0 Å². The summed E-state index contributed by atoms with van der Waals surface area (Å²) < 4.78 is 1.81. The van der Waals surface area contributed by atoms with Gasteiger partial charge in [-0.1, -0.05) is 0 Å². The third-order valence-corrected chi connectivity index (χ3v) is 2.42. The number of anilines is 1. The third kappa shape index (κ3) is 2.21. The molecule has 72 valence electrons. The first-order chi connectivity index (χ1) is 6.34. The first kappa shape index (κ1) is 8.56. The largest absolute Gasteiger partial charge is 0.381 e. The molecule has 4 heteroatoms. The van der Waals surface area contributed by atoms with Crippen LogP contribution in [0.4, 0.5) is 5.69 Å². The van der Waals surface area contributed by atoms with E-state index in [2.05, 4.69) is 15.7 Å². The SMILES string of the molecule is Cn1cc(NC[C@H]2CCCN2)cn1. The number of hydrogen-bond donors (Lipinski definition) is 2. The molecule has 0 radical (unpaired) electrons. The van der Waals surface area contributed by atoms with Crippen molar-refractivity contribution in [1.82, 2.24) is 15.1 Å². The van der Waals surface area contributed by atoms with E-state index in [0.717, 1.165) is 12.2 Å². The number of hydrogen-bond acceptors (Lipinski definition) is 3. The molecule has 1 saturated heterocycles. The maximum Gasteiger partial charge on any atom is 0.0726 e. The first-order valence-electron chi connectivity index (χ1n) is 4.80. The van der Waals surface area contributed by atoms with Gasteiger partial charge in [0.05, 0.1) is 11.9 Å². The number of aromatic nitrogens is 2. The summed E-state index contributed by atoms with van der Waals surface area (Å²) in [7, 11) is 1.93. The van der Waals surface area contributed by atoms with E-state index in [4.69, 9.17) is 0 Å². The lowest BCUT2D eigenvalue weighted by atomic mass is 10.2. The standard InChI is InChI=1S/C9H16N4/c1-13-7-9(6-12-13)11-5-8-3-2-4-10-8/h6-8,10-11H,2-5H2,1H3/t8-/m1/s1. The molecular formula is C9H16N4. The Balaban J connectivity index is 1.78. The second-order valence-corrected chi connectivity index (χ2v) is 3.58. The molecule has 2 rings (SSSR count). The Morgan fingerprint density at radius 1 is 1.77 bits per heavy atom. The van der Waals surface area contributed by atoms with E-state index in [1.807, 2.05) is 24.1 Å². The minimum Gasteiger partial charge on any atom is -0.381 e. The van der Waals surface area contributed by atoms with Crippen LogP contribution in [0.5, 0.6) is 0 Å². The Hall–Kier alpha value is -1.03. The number of rotatable bonds is 3. The van der Waals surface area contributed by atoms with Crippen molar-refractivity contribution >= 4 is 5.69 Å². The second kappa shape index (κ2) is 3.79. The van der Waals surface area contributed by atoms with Crippen LogP contribution in [-0.2, 0) is 7.05 Å². The Morgan fingerprint density at radius 3 is 3.31 bits per heavy atom. The highest BCUT2D eigenvalue weighted by Gasteiger charge is 2.13. The van der Waals surface area contributed by atoms with Gasteiger partial charge in [0.2, 0.25) is 0 Å². The highest BCUT2D eigenvalue weighted by Crippen LogP contribution is 2.07. The molecule has 1 fully saturated rings. The molecule has 1 aliphatic heterocycles. The molecule has 1 atom stereocenters. The molecular weight excluding hydrogens is 164 g/mol. The van der Waals surface area contributed by atoms with Crippen LogP contribution in [-0.4, -0.2) is 28.9 Å². The van der Waals surface area contributed by atoms with E-state index in [1.54, 1.807) is 0 Å². The quantitative estimate of drug-likeness (QED) is 0.715. The molecule has 0 spiro atoms. The fourth-order valence-electron chi connectivity index (χ4n) is 1.68. The van der Waals surface area contributed by atoms with Crippen molar-refractivity contribution in [3.63, 3.8) is 0 Å². The zero-order valence-electron chi connectivity index (χ0n) is 7.95. The summed E-state index contributed by atoms with van der Waals surface area (Å²) in [4.78, 5) is 0. The highest BCUT2D eigenvalue weighted by molar-refractivity contribution is 5.38. The first-order valence-corrected chi connectivity index (χ1v) is 4.80. The van der Waals surface area contributed by atoms with Crippen molar-refractivity contribution in [2.24, 2.45) is 7.05 Å². The molecule has 0 saturated carbocycles. The van der Waals surface area contributed by atoms with Gasteiger partial charge in [0.1, 0.15) is 0 Å². The summed E-state index contributed by atoms with van der Waals surface area (Å²) >= 11 is 0. The van der Waals surface area contributed by atoms with Crippen LogP contribution in [0.1, 0.15) is 12.8 Å². The predicted molar refractivity (Wildman–Crippen MR) is 52.7 cm³/mol. The van der Waals surface area contributed by atoms with Gasteiger partial charge in [-0.2, -0.15) is 5.10 Å². The van der Waals surface area contributed by atoms with E-state index in [-0.39, 0.29) is 0 Å². The predicted octanol–water partition coefficient (Wildman–Crippen LogP) is 0.584. The minimum atomic E-state index is 0.639. The molecule has 0 aliphatic carbocycles. The van der Waals surface area contributed by atoms with Crippen molar-refractivity contribution in [2.45, 2.75) is 18.9 Å². The van der Waals surface area contributed by atoms with Gasteiger partial charge in [0, 0.05) is 25.8 Å². The number of nitrogens with one attached hydrogen (secondary N) is 2. The molecule has 2 N–H and O–H groups in total. The monoisotopic (exact) mass is 180 g/mol. The molecule has 13 heavy (non-hydrogen) atoms. The topological polar surface area (TPSA) is 41.9 Å². The van der Waals surface area contributed by atoms with E-state index in [1.165, 1.54) is 19.4 Å². The van der Waals surface area contributed by atoms with Crippen LogP contribution in [0.2, 0.25) is 0 Å². The number of nitrogens with zero attached hydrogens (tertiary/aromatic N) is 2. The van der Waals surface area contributed by atoms with Crippen LogP contribution in [0, 0.1) is 0 Å². The molecule has 1 aromatic heterocycles. The van der Waals surface area contributed by atoms with Crippen molar-refractivity contribution in [1.29, 1.82) is 0 Å². The highest BCUT2D eigenvalue weighted by atomic mass is 15.3. The van der Waals surface area contributed by atoms with E-state index in [9.17, 15) is 0 Å². The zero-order valence-corrected chi connectivity index (χ0v) is 7.95. The molecule has 0 amide bonds. The molecule has 4 nitrogen and oxygen atoms in total. The van der Waals surface area contributed by atoms with Gasteiger partial charge >= 0.3 is 0 Å². The van der Waals surface area contributed by atoms with Crippen LogP contribution >= 0.6 is 0 Å². The van der Waals surface area contributed by atoms with Crippen LogP contribution in [0.3, 0.4) is 0 Å². The summed E-state index contributed by atoms with van der Waals surface area (Å²) in [6, 6.07) is 0.639. The Bertz CT molecular complexity index is 262. The van der Waals surface area contributed by atoms with Crippen molar-refractivity contribution < 1.29 is 0 Å². The second-order valence-electron chi connectivity index (χ2n) is 3.58. The lowest BCUT2D eigenvalue weighted by Crippen LogP contribution is -2.29. The Kier molecular flexibility index (Phi) is 2.49. The van der Waals surface area contributed by atoms with Gasteiger partial charge in [-0.3, -0.25) is 4.68 Å². The van der Waals surface area contributed by atoms with Crippen LogP contribution in [0.15, 0.2) is 12.4 Å². The van der Waals surface area contributed by atoms with Gasteiger partial charge in [-0.05, 0) is 19.4 Å². The molecule has 0 unspecified atom stereocenters. The molecule has 1 aromatic rings. The average Bonchev–Trinajstić information content (AvgIpc) is 2.71. The molecule has 0 bridgehead atoms.